The first-order chi connectivity index (χ1) is 9.23. The van der Waals surface area contributed by atoms with Crippen LogP contribution in [0.2, 0.25) is 0 Å². The Morgan fingerprint density at radius 1 is 1.35 bits per heavy atom. The molecule has 112 valence electrons. The molecule has 20 heavy (non-hydrogen) atoms. The first kappa shape index (κ1) is 16.5. The van der Waals surface area contributed by atoms with Crippen LogP contribution in [0.15, 0.2) is 18.2 Å². The number of hydrogen-bond acceptors (Lipinski definition) is 4. The molecule has 1 aromatic rings. The normalized spacial score (nSPS) is 12.8. The molecule has 1 rings (SSSR count). The number of carbonyl (C=O) groups excluding carboxylic acids is 1. The summed E-state index contributed by atoms with van der Waals surface area (Å²) in [5.41, 5.74) is 2.53. The van der Waals surface area contributed by atoms with Gasteiger partial charge in [-0.15, -0.1) is 0 Å². The molecule has 1 amide bonds. The van der Waals surface area contributed by atoms with Gasteiger partial charge in [0.15, 0.2) is 9.84 Å². The van der Waals surface area contributed by atoms with E-state index in [1.54, 1.807) is 13.0 Å². The number of carbonyl (C=O) groups is 1. The molecule has 0 saturated carbocycles. The van der Waals surface area contributed by atoms with Gasteiger partial charge in [-0.1, -0.05) is 6.92 Å². The number of nitrogens with one attached hydrogen (secondary N) is 2. The predicted octanol–water partition coefficient (Wildman–Crippen LogP) is 2.19. The summed E-state index contributed by atoms with van der Waals surface area (Å²) in [4.78, 5) is 11.0. The van der Waals surface area contributed by atoms with Gasteiger partial charge in [0.2, 0.25) is 5.91 Å². The number of benzene rings is 1. The molecule has 0 aliphatic rings. The lowest BCUT2D eigenvalue weighted by molar-refractivity contribution is -0.114. The fourth-order valence-electron chi connectivity index (χ4n) is 1.91. The van der Waals surface area contributed by atoms with Gasteiger partial charge in [-0.3, -0.25) is 4.79 Å². The molecule has 5 nitrogen and oxygen atoms in total. The van der Waals surface area contributed by atoms with Crippen LogP contribution in [0.1, 0.15) is 26.3 Å². The van der Waals surface area contributed by atoms with Crippen molar-refractivity contribution >= 4 is 27.1 Å². The SMILES string of the molecule is CCS(=O)(=O)CC(C)Nc1ccc(NC(C)=O)c(C)c1. The minimum Gasteiger partial charge on any atom is -0.382 e. The molecule has 0 aromatic heterocycles. The largest absolute Gasteiger partial charge is 0.382 e. The maximum atomic E-state index is 11.6. The number of hydrogen-bond donors (Lipinski definition) is 2. The summed E-state index contributed by atoms with van der Waals surface area (Å²) < 4.78 is 23.1. The summed E-state index contributed by atoms with van der Waals surface area (Å²) in [6.45, 7) is 6.84. The van der Waals surface area contributed by atoms with Crippen molar-refractivity contribution in [2.24, 2.45) is 0 Å². The quantitative estimate of drug-likeness (QED) is 0.844. The van der Waals surface area contributed by atoms with Gasteiger partial charge in [0.1, 0.15) is 0 Å². The monoisotopic (exact) mass is 298 g/mol. The molecule has 0 fully saturated rings. The van der Waals surface area contributed by atoms with Crippen LogP contribution < -0.4 is 10.6 Å². The second-order valence-corrected chi connectivity index (χ2v) is 7.35. The molecular weight excluding hydrogens is 276 g/mol. The molecule has 0 heterocycles. The zero-order valence-corrected chi connectivity index (χ0v) is 13.2. The molecule has 0 bridgehead atoms. The third-order valence-corrected chi connectivity index (χ3v) is 4.78. The fourth-order valence-corrected chi connectivity index (χ4v) is 2.99. The summed E-state index contributed by atoms with van der Waals surface area (Å²) in [6, 6.07) is 5.36. The Balaban J connectivity index is 2.74. The third-order valence-electron chi connectivity index (χ3n) is 2.89. The van der Waals surface area contributed by atoms with E-state index in [0.717, 1.165) is 16.9 Å². The lowest BCUT2D eigenvalue weighted by Crippen LogP contribution is -2.26. The van der Waals surface area contributed by atoms with Gasteiger partial charge in [-0.05, 0) is 37.6 Å². The molecule has 0 spiro atoms. The average molecular weight is 298 g/mol. The molecule has 1 atom stereocenters. The highest BCUT2D eigenvalue weighted by Gasteiger charge is 2.13. The van der Waals surface area contributed by atoms with Crippen LogP contribution >= 0.6 is 0 Å². The van der Waals surface area contributed by atoms with Crippen molar-refractivity contribution in [1.29, 1.82) is 0 Å². The van der Waals surface area contributed by atoms with E-state index in [2.05, 4.69) is 10.6 Å². The Hall–Kier alpha value is -1.56. The number of amides is 1. The number of aryl methyl sites for hydroxylation is 1. The molecule has 1 aromatic carbocycles. The van der Waals surface area contributed by atoms with Crippen molar-refractivity contribution < 1.29 is 13.2 Å². The Labute approximate surface area is 120 Å². The smallest absolute Gasteiger partial charge is 0.221 e. The Kier molecular flexibility index (Phi) is 5.56. The van der Waals surface area contributed by atoms with Crippen LogP contribution in [0.3, 0.4) is 0 Å². The van der Waals surface area contributed by atoms with Gasteiger partial charge >= 0.3 is 0 Å². The maximum Gasteiger partial charge on any atom is 0.221 e. The third kappa shape index (κ3) is 5.21. The Morgan fingerprint density at radius 3 is 2.50 bits per heavy atom. The molecular formula is C14H22N2O3S. The summed E-state index contributed by atoms with van der Waals surface area (Å²) >= 11 is 0. The van der Waals surface area contributed by atoms with Crippen molar-refractivity contribution in [3.8, 4) is 0 Å². The summed E-state index contributed by atoms with van der Waals surface area (Å²) in [5, 5.41) is 5.90. The molecule has 6 heteroatoms. The van der Waals surface area contributed by atoms with E-state index in [-0.39, 0.29) is 23.5 Å². The predicted molar refractivity (Wildman–Crippen MR) is 82.9 cm³/mol. The summed E-state index contributed by atoms with van der Waals surface area (Å²) in [6.07, 6.45) is 0. The van der Waals surface area contributed by atoms with Gasteiger partial charge in [0.05, 0.1) is 5.75 Å². The maximum absolute atomic E-state index is 11.6. The van der Waals surface area contributed by atoms with Crippen molar-refractivity contribution in [2.75, 3.05) is 22.1 Å². The van der Waals surface area contributed by atoms with Crippen molar-refractivity contribution in [3.05, 3.63) is 23.8 Å². The molecule has 0 saturated heterocycles. The van der Waals surface area contributed by atoms with E-state index >= 15 is 0 Å². The number of anilines is 2. The van der Waals surface area contributed by atoms with Crippen molar-refractivity contribution in [2.45, 2.75) is 33.7 Å². The number of rotatable bonds is 6. The summed E-state index contributed by atoms with van der Waals surface area (Å²) in [5.74, 6) is 0.145. The van der Waals surface area contributed by atoms with E-state index in [4.69, 9.17) is 0 Å². The van der Waals surface area contributed by atoms with Gasteiger partial charge < -0.3 is 10.6 Å². The second-order valence-electron chi connectivity index (χ2n) is 4.96. The summed E-state index contributed by atoms with van der Waals surface area (Å²) in [7, 11) is -2.99. The minimum atomic E-state index is -2.99. The molecule has 0 radical (unpaired) electrons. The van der Waals surface area contributed by atoms with Crippen LogP contribution in [-0.4, -0.2) is 31.9 Å². The van der Waals surface area contributed by atoms with Crippen LogP contribution in [0, 0.1) is 6.92 Å². The second kappa shape index (κ2) is 6.74. The van der Waals surface area contributed by atoms with Crippen molar-refractivity contribution in [3.63, 3.8) is 0 Å². The molecule has 0 aliphatic carbocycles. The van der Waals surface area contributed by atoms with E-state index in [9.17, 15) is 13.2 Å². The first-order valence-corrected chi connectivity index (χ1v) is 8.41. The van der Waals surface area contributed by atoms with E-state index in [0.29, 0.717) is 0 Å². The Morgan fingerprint density at radius 2 is 2.00 bits per heavy atom. The topological polar surface area (TPSA) is 75.3 Å². The minimum absolute atomic E-state index is 0.107. The van der Waals surface area contributed by atoms with Crippen molar-refractivity contribution in [1.82, 2.24) is 0 Å². The highest BCUT2D eigenvalue weighted by atomic mass is 32.2. The van der Waals surface area contributed by atoms with Crippen LogP contribution in [0.4, 0.5) is 11.4 Å². The van der Waals surface area contributed by atoms with E-state index in [1.165, 1.54) is 6.92 Å². The van der Waals surface area contributed by atoms with Crippen LogP contribution in [-0.2, 0) is 14.6 Å². The van der Waals surface area contributed by atoms with Gasteiger partial charge in [0, 0.05) is 30.1 Å². The van der Waals surface area contributed by atoms with Crippen LogP contribution in [0.5, 0.6) is 0 Å². The lowest BCUT2D eigenvalue weighted by atomic mass is 10.1. The molecule has 1 unspecified atom stereocenters. The van der Waals surface area contributed by atoms with E-state index < -0.39 is 9.84 Å². The van der Waals surface area contributed by atoms with Gasteiger partial charge in [-0.25, -0.2) is 8.42 Å². The first-order valence-electron chi connectivity index (χ1n) is 6.58. The van der Waals surface area contributed by atoms with E-state index in [1.807, 2.05) is 26.0 Å². The Bertz CT molecular complexity index is 582. The van der Waals surface area contributed by atoms with Crippen LogP contribution in [0.25, 0.3) is 0 Å². The highest BCUT2D eigenvalue weighted by Crippen LogP contribution is 2.20. The highest BCUT2D eigenvalue weighted by molar-refractivity contribution is 7.91. The number of sulfone groups is 1. The average Bonchev–Trinajstić information content (AvgIpc) is 2.31. The fraction of sp³-hybridized carbons (Fsp3) is 0.500. The standard InChI is InChI=1S/C14H22N2O3S/c1-5-20(18,19)9-11(3)15-13-6-7-14(10(2)8-13)16-12(4)17/h6-8,11,15H,5,9H2,1-4H3,(H,16,17). The zero-order valence-electron chi connectivity index (χ0n) is 12.4. The molecule has 0 aliphatic heterocycles. The molecule has 2 N–H and O–H groups in total. The van der Waals surface area contributed by atoms with Gasteiger partial charge in [-0.2, -0.15) is 0 Å². The van der Waals surface area contributed by atoms with Gasteiger partial charge in [0.25, 0.3) is 0 Å². The lowest BCUT2D eigenvalue weighted by Gasteiger charge is -2.16. The zero-order chi connectivity index (χ0) is 15.3.